The molecule has 0 rings (SSSR count). The van der Waals surface area contributed by atoms with E-state index in [4.69, 9.17) is 0 Å². The van der Waals surface area contributed by atoms with Gasteiger partial charge in [-0.2, -0.15) is 0 Å². The molecule has 0 aromatic heterocycles. The minimum Gasteiger partial charge on any atom is -0.382 e. The minimum absolute atomic E-state index is 0.847. The molecule has 0 aromatic carbocycles. The molecule has 2 nitrogen and oxygen atoms in total. The summed E-state index contributed by atoms with van der Waals surface area (Å²) in [6, 6.07) is 0. The summed E-state index contributed by atoms with van der Waals surface area (Å²) in [5.41, 5.74) is 2.26. The van der Waals surface area contributed by atoms with Gasteiger partial charge in [0.25, 0.3) is 0 Å². The first-order valence-corrected chi connectivity index (χ1v) is 4.30. The Morgan fingerprint density at radius 2 is 2.09 bits per heavy atom. The van der Waals surface area contributed by atoms with Crippen molar-refractivity contribution in [1.29, 1.82) is 0 Å². The molecule has 0 atom stereocenters. The van der Waals surface area contributed by atoms with Gasteiger partial charge in [-0.05, 0) is 19.9 Å². The number of hydrogen-bond donors (Lipinski definition) is 0. The van der Waals surface area contributed by atoms with Crippen LogP contribution in [0.1, 0.15) is 13.8 Å². The van der Waals surface area contributed by atoms with Crippen molar-refractivity contribution in [1.82, 2.24) is 4.90 Å². The topological polar surface area (TPSA) is 15.6 Å². The van der Waals surface area contributed by atoms with E-state index in [2.05, 4.69) is 33.1 Å². The molecule has 0 bridgehead atoms. The maximum atomic E-state index is 4.04. The third kappa shape index (κ3) is 3.98. The first-order chi connectivity index (χ1) is 5.11. The third-order valence-electron chi connectivity index (χ3n) is 1.61. The SMILES string of the molecule is CN=C(C)/C=C(/C)N(C)C[Si]. The second-order valence-corrected chi connectivity index (χ2v) is 2.82. The van der Waals surface area contributed by atoms with Crippen LogP contribution in [0.5, 0.6) is 0 Å². The van der Waals surface area contributed by atoms with Crippen LogP contribution in [-0.4, -0.2) is 41.1 Å². The molecule has 0 saturated carbocycles. The Balaban J connectivity index is 4.21. The largest absolute Gasteiger partial charge is 0.382 e. The van der Waals surface area contributed by atoms with Crippen LogP contribution in [-0.2, 0) is 0 Å². The molecule has 3 radical (unpaired) electrons. The van der Waals surface area contributed by atoms with Crippen LogP contribution >= 0.6 is 0 Å². The van der Waals surface area contributed by atoms with Crippen molar-refractivity contribution >= 4 is 16.0 Å². The Kier molecular flexibility index (Phi) is 4.86. The molecule has 0 amide bonds. The Hall–Kier alpha value is -0.573. The molecule has 61 valence electrons. The van der Waals surface area contributed by atoms with Crippen molar-refractivity contribution < 1.29 is 0 Å². The van der Waals surface area contributed by atoms with Gasteiger partial charge in [-0.25, -0.2) is 0 Å². The average molecular weight is 167 g/mol. The van der Waals surface area contributed by atoms with Crippen LogP contribution in [0.15, 0.2) is 16.8 Å². The minimum atomic E-state index is 0.847. The molecule has 0 aliphatic rings. The maximum absolute atomic E-state index is 4.04. The summed E-state index contributed by atoms with van der Waals surface area (Å²) < 4.78 is 0. The van der Waals surface area contributed by atoms with Crippen LogP contribution in [0.2, 0.25) is 0 Å². The molecule has 0 saturated heterocycles. The molecular weight excluding hydrogens is 152 g/mol. The number of aliphatic imine (C=N–C) groups is 1. The Bertz CT molecular complexity index is 173. The van der Waals surface area contributed by atoms with Crippen molar-refractivity contribution in [2.45, 2.75) is 13.8 Å². The van der Waals surface area contributed by atoms with E-state index < -0.39 is 0 Å². The summed E-state index contributed by atoms with van der Waals surface area (Å²) in [7, 11) is 7.25. The van der Waals surface area contributed by atoms with Gasteiger partial charge in [0.2, 0.25) is 0 Å². The van der Waals surface area contributed by atoms with Crippen molar-refractivity contribution in [3.63, 3.8) is 0 Å². The number of nitrogens with zero attached hydrogens (tertiary/aromatic N) is 2. The molecule has 11 heavy (non-hydrogen) atoms. The van der Waals surface area contributed by atoms with Gasteiger partial charge >= 0.3 is 0 Å². The molecule has 0 fully saturated rings. The van der Waals surface area contributed by atoms with E-state index in [9.17, 15) is 0 Å². The van der Waals surface area contributed by atoms with E-state index in [1.54, 1.807) is 7.05 Å². The van der Waals surface area contributed by atoms with Crippen molar-refractivity contribution in [3.8, 4) is 0 Å². The van der Waals surface area contributed by atoms with E-state index in [0.717, 1.165) is 11.9 Å². The lowest BCUT2D eigenvalue weighted by molar-refractivity contribution is 0.490. The number of allylic oxidation sites excluding steroid dienone is 2. The van der Waals surface area contributed by atoms with E-state index >= 15 is 0 Å². The fraction of sp³-hybridized carbons (Fsp3) is 0.625. The normalized spacial score (nSPS) is 13.5. The number of hydrogen-bond acceptors (Lipinski definition) is 2. The quantitative estimate of drug-likeness (QED) is 0.453. The average Bonchev–Trinajstić information content (AvgIpc) is 2.02. The summed E-state index contributed by atoms with van der Waals surface area (Å²) in [5, 5.41) is 0. The zero-order valence-electron chi connectivity index (χ0n) is 7.68. The van der Waals surface area contributed by atoms with Gasteiger partial charge in [-0.3, -0.25) is 4.99 Å². The molecule has 0 aliphatic carbocycles. The molecule has 3 heteroatoms. The van der Waals surface area contributed by atoms with Crippen LogP contribution in [0.4, 0.5) is 0 Å². The predicted molar refractivity (Wildman–Crippen MR) is 51.2 cm³/mol. The first kappa shape index (κ1) is 10.4. The Morgan fingerprint density at radius 3 is 2.45 bits per heavy atom. The van der Waals surface area contributed by atoms with Gasteiger partial charge in [0, 0.05) is 31.7 Å². The van der Waals surface area contributed by atoms with Crippen LogP contribution in [0.25, 0.3) is 0 Å². The molecular formula is C8H15N2Si. The molecule has 0 unspecified atom stereocenters. The highest BCUT2D eigenvalue weighted by Crippen LogP contribution is 1.98. The van der Waals surface area contributed by atoms with Gasteiger partial charge in [0.15, 0.2) is 0 Å². The van der Waals surface area contributed by atoms with Gasteiger partial charge in [0.05, 0.1) is 10.2 Å². The van der Waals surface area contributed by atoms with Gasteiger partial charge in [-0.1, -0.05) is 0 Å². The summed E-state index contributed by atoms with van der Waals surface area (Å²) >= 11 is 0. The highest BCUT2D eigenvalue weighted by Gasteiger charge is 1.94. The van der Waals surface area contributed by atoms with E-state index in [1.807, 2.05) is 14.0 Å². The van der Waals surface area contributed by atoms with Gasteiger partial charge in [0.1, 0.15) is 0 Å². The fourth-order valence-corrected chi connectivity index (χ4v) is 0.851. The molecule has 0 aromatic rings. The summed E-state index contributed by atoms with van der Waals surface area (Å²) in [6.07, 6.45) is 2.90. The highest BCUT2D eigenvalue weighted by molar-refractivity contribution is 6.08. The van der Waals surface area contributed by atoms with Crippen molar-refractivity contribution in [2.75, 3.05) is 20.3 Å². The molecule has 0 N–H and O–H groups in total. The molecule has 0 heterocycles. The number of rotatable bonds is 3. The predicted octanol–water partition coefficient (Wildman–Crippen LogP) is 1.04. The van der Waals surface area contributed by atoms with Gasteiger partial charge < -0.3 is 4.90 Å². The fourth-order valence-electron chi connectivity index (χ4n) is 0.602. The van der Waals surface area contributed by atoms with Crippen LogP contribution in [0, 0.1) is 0 Å². The summed E-state index contributed by atoms with van der Waals surface area (Å²) in [5.74, 6) is 0. The summed E-state index contributed by atoms with van der Waals surface area (Å²) in [6.45, 7) is 4.06. The summed E-state index contributed by atoms with van der Waals surface area (Å²) in [4.78, 5) is 6.15. The lowest BCUT2D eigenvalue weighted by atomic mass is 10.3. The standard InChI is InChI=1S/C8H15N2Si/c1-7(9-3)5-8(2)10(4)6-11/h5H,6H2,1-4H3/b8-5-,9-7?. The van der Waals surface area contributed by atoms with Crippen LogP contribution < -0.4 is 0 Å². The van der Waals surface area contributed by atoms with E-state index in [-0.39, 0.29) is 0 Å². The zero-order valence-corrected chi connectivity index (χ0v) is 8.68. The Morgan fingerprint density at radius 1 is 1.55 bits per heavy atom. The smallest absolute Gasteiger partial charge is 0.0513 e. The second-order valence-electron chi connectivity index (χ2n) is 2.51. The lowest BCUT2D eigenvalue weighted by Gasteiger charge is -2.16. The molecule has 0 aliphatic heterocycles. The highest BCUT2D eigenvalue weighted by atomic mass is 28.1. The molecule has 0 spiro atoms. The van der Waals surface area contributed by atoms with E-state index in [1.165, 1.54) is 5.70 Å². The van der Waals surface area contributed by atoms with Gasteiger partial charge in [-0.15, -0.1) is 0 Å². The third-order valence-corrected chi connectivity index (χ3v) is 2.08. The van der Waals surface area contributed by atoms with Crippen molar-refractivity contribution in [2.24, 2.45) is 4.99 Å². The zero-order chi connectivity index (χ0) is 8.85. The monoisotopic (exact) mass is 167 g/mol. The van der Waals surface area contributed by atoms with Crippen LogP contribution in [0.3, 0.4) is 0 Å². The van der Waals surface area contributed by atoms with E-state index in [0.29, 0.717) is 0 Å². The second kappa shape index (κ2) is 5.13. The van der Waals surface area contributed by atoms with Crippen molar-refractivity contribution in [3.05, 3.63) is 11.8 Å². The maximum Gasteiger partial charge on any atom is 0.0513 e. The Labute approximate surface area is 72.4 Å². The first-order valence-electron chi connectivity index (χ1n) is 3.59. The lowest BCUT2D eigenvalue weighted by Crippen LogP contribution is -2.17.